The number of hydrogen-bond acceptors (Lipinski definition) is 4. The van der Waals surface area contributed by atoms with Crippen molar-refractivity contribution in [1.82, 2.24) is 9.80 Å². The smallest absolute Gasteiger partial charge is 0.0601 e. The first kappa shape index (κ1) is 18.2. The minimum Gasteiger partial charge on any atom is -0.395 e. The number of likely N-dealkylation sites (tertiary alicyclic amines) is 1. The van der Waals surface area contributed by atoms with Gasteiger partial charge in [0.2, 0.25) is 0 Å². The van der Waals surface area contributed by atoms with Gasteiger partial charge in [-0.2, -0.15) is 0 Å². The fourth-order valence-electron chi connectivity index (χ4n) is 3.96. The molecule has 1 saturated heterocycles. The van der Waals surface area contributed by atoms with Gasteiger partial charge in [0, 0.05) is 19.6 Å². The van der Waals surface area contributed by atoms with Gasteiger partial charge in [-0.3, -0.25) is 0 Å². The number of β-amino-alcohol motifs (C(OH)–C–C–N with tert-alkyl or cyclic N) is 1. The highest BCUT2D eigenvalue weighted by atomic mass is 16.5. The van der Waals surface area contributed by atoms with Crippen LogP contribution in [0.2, 0.25) is 0 Å². The highest BCUT2D eigenvalue weighted by Gasteiger charge is 2.22. The van der Waals surface area contributed by atoms with Crippen molar-refractivity contribution in [1.29, 1.82) is 0 Å². The van der Waals surface area contributed by atoms with Crippen LogP contribution in [0.15, 0.2) is 0 Å². The lowest BCUT2D eigenvalue weighted by Crippen LogP contribution is -2.39. The third-order valence-electron chi connectivity index (χ3n) is 5.53. The predicted octanol–water partition coefficient (Wildman–Crippen LogP) is 2.22. The summed E-state index contributed by atoms with van der Waals surface area (Å²) in [5.41, 5.74) is 0. The lowest BCUT2D eigenvalue weighted by molar-refractivity contribution is -0.0134. The van der Waals surface area contributed by atoms with E-state index in [9.17, 15) is 0 Å². The summed E-state index contributed by atoms with van der Waals surface area (Å²) in [4.78, 5) is 4.82. The van der Waals surface area contributed by atoms with Crippen LogP contribution in [0.3, 0.4) is 0 Å². The number of nitrogens with zero attached hydrogens (tertiary/aromatic N) is 2. The first-order valence-corrected chi connectivity index (χ1v) is 9.32. The predicted molar refractivity (Wildman–Crippen MR) is 91.1 cm³/mol. The molecule has 0 bridgehead atoms. The molecule has 130 valence electrons. The Bertz CT molecular complexity index is 293. The average molecular weight is 312 g/mol. The third-order valence-corrected chi connectivity index (χ3v) is 5.53. The zero-order valence-electron chi connectivity index (χ0n) is 14.7. The summed E-state index contributed by atoms with van der Waals surface area (Å²) in [5.74, 6) is 1.56. The maximum Gasteiger partial charge on any atom is 0.0601 e. The molecule has 4 heteroatoms. The number of aliphatic hydroxyl groups is 1. The zero-order valence-corrected chi connectivity index (χ0v) is 14.7. The van der Waals surface area contributed by atoms with E-state index in [1.54, 1.807) is 0 Å². The lowest BCUT2D eigenvalue weighted by atomic mass is 9.88. The molecule has 0 spiro atoms. The van der Waals surface area contributed by atoms with Gasteiger partial charge in [-0.25, -0.2) is 0 Å². The van der Waals surface area contributed by atoms with Crippen LogP contribution in [-0.4, -0.2) is 74.0 Å². The lowest BCUT2D eigenvalue weighted by Gasteiger charge is -2.34. The first-order valence-electron chi connectivity index (χ1n) is 9.32. The van der Waals surface area contributed by atoms with Gasteiger partial charge in [0.05, 0.1) is 19.3 Å². The molecule has 1 aliphatic carbocycles. The molecule has 2 fully saturated rings. The van der Waals surface area contributed by atoms with Gasteiger partial charge in [0.25, 0.3) is 0 Å². The molecule has 2 rings (SSSR count). The minimum atomic E-state index is 0.293. The van der Waals surface area contributed by atoms with Crippen LogP contribution in [0, 0.1) is 11.8 Å². The second-order valence-electron chi connectivity index (χ2n) is 7.44. The number of piperidine rings is 1. The maximum absolute atomic E-state index is 8.99. The second-order valence-corrected chi connectivity index (χ2v) is 7.44. The van der Waals surface area contributed by atoms with E-state index in [1.165, 1.54) is 45.1 Å². The number of rotatable bonds is 8. The van der Waals surface area contributed by atoms with Crippen molar-refractivity contribution < 1.29 is 9.84 Å². The Labute approximate surface area is 136 Å². The molecule has 2 atom stereocenters. The molecular weight excluding hydrogens is 276 g/mol. The van der Waals surface area contributed by atoms with Crippen molar-refractivity contribution in [3.8, 4) is 0 Å². The quantitative estimate of drug-likeness (QED) is 0.745. The van der Waals surface area contributed by atoms with Gasteiger partial charge in [0.15, 0.2) is 0 Å². The topological polar surface area (TPSA) is 35.9 Å². The van der Waals surface area contributed by atoms with Crippen LogP contribution in [-0.2, 0) is 4.74 Å². The molecule has 1 saturated carbocycles. The van der Waals surface area contributed by atoms with Crippen LogP contribution in [0.1, 0.15) is 45.4 Å². The van der Waals surface area contributed by atoms with Crippen LogP contribution in [0.5, 0.6) is 0 Å². The van der Waals surface area contributed by atoms with Crippen molar-refractivity contribution >= 4 is 0 Å². The monoisotopic (exact) mass is 312 g/mol. The van der Waals surface area contributed by atoms with Crippen LogP contribution < -0.4 is 0 Å². The van der Waals surface area contributed by atoms with Crippen molar-refractivity contribution in [3.63, 3.8) is 0 Å². The molecule has 1 heterocycles. The summed E-state index contributed by atoms with van der Waals surface area (Å²) >= 11 is 0. The molecular formula is C18H36N2O2. The van der Waals surface area contributed by atoms with Crippen molar-refractivity contribution in [2.75, 3.05) is 53.0 Å². The van der Waals surface area contributed by atoms with Crippen LogP contribution >= 0.6 is 0 Å². The Morgan fingerprint density at radius 3 is 2.55 bits per heavy atom. The van der Waals surface area contributed by atoms with Crippen molar-refractivity contribution in [2.24, 2.45) is 11.8 Å². The van der Waals surface area contributed by atoms with Gasteiger partial charge >= 0.3 is 0 Å². The Balaban J connectivity index is 1.55. The second kappa shape index (κ2) is 9.86. The van der Waals surface area contributed by atoms with Crippen LogP contribution in [0.4, 0.5) is 0 Å². The Morgan fingerprint density at radius 2 is 1.86 bits per heavy atom. The summed E-state index contributed by atoms with van der Waals surface area (Å²) in [6.07, 6.45) is 8.37. The summed E-state index contributed by atoms with van der Waals surface area (Å²) in [5, 5.41) is 8.99. The summed E-state index contributed by atoms with van der Waals surface area (Å²) in [6.45, 7) is 8.90. The average Bonchev–Trinajstić information content (AvgIpc) is 2.51. The molecule has 4 nitrogen and oxygen atoms in total. The molecule has 22 heavy (non-hydrogen) atoms. The van der Waals surface area contributed by atoms with E-state index in [2.05, 4.69) is 23.8 Å². The van der Waals surface area contributed by atoms with E-state index >= 15 is 0 Å². The third kappa shape index (κ3) is 6.15. The van der Waals surface area contributed by atoms with Crippen molar-refractivity contribution in [3.05, 3.63) is 0 Å². The Hall–Kier alpha value is -0.160. The fourth-order valence-corrected chi connectivity index (χ4v) is 3.96. The standard InChI is InChI=1S/C18H36N2O2/c1-16-5-3-4-6-18(16)22-14-12-19(2)15-17-7-9-20(10-8-17)11-13-21/h16-18,21H,3-15H2,1-2H3/t16-,18+/m0/s1. The Morgan fingerprint density at radius 1 is 1.14 bits per heavy atom. The maximum atomic E-state index is 8.99. The van der Waals surface area contributed by atoms with E-state index in [0.29, 0.717) is 12.7 Å². The summed E-state index contributed by atoms with van der Waals surface area (Å²) in [7, 11) is 2.23. The highest BCUT2D eigenvalue weighted by molar-refractivity contribution is 4.75. The highest BCUT2D eigenvalue weighted by Crippen LogP contribution is 2.26. The van der Waals surface area contributed by atoms with Gasteiger partial charge in [-0.1, -0.05) is 19.8 Å². The van der Waals surface area contributed by atoms with E-state index in [1.807, 2.05) is 0 Å². The number of likely N-dealkylation sites (N-methyl/N-ethyl adjacent to an activating group) is 1. The number of hydrogen-bond donors (Lipinski definition) is 1. The van der Waals surface area contributed by atoms with Gasteiger partial charge in [0.1, 0.15) is 0 Å². The van der Waals surface area contributed by atoms with Gasteiger partial charge in [-0.05, 0) is 57.7 Å². The van der Waals surface area contributed by atoms with Gasteiger partial charge in [-0.15, -0.1) is 0 Å². The van der Waals surface area contributed by atoms with Gasteiger partial charge < -0.3 is 19.6 Å². The fraction of sp³-hybridized carbons (Fsp3) is 1.00. The summed E-state index contributed by atoms with van der Waals surface area (Å²) in [6, 6.07) is 0. The number of ether oxygens (including phenoxy) is 1. The molecule has 0 aromatic heterocycles. The van der Waals surface area contributed by atoms with E-state index in [-0.39, 0.29) is 0 Å². The van der Waals surface area contributed by atoms with Crippen LogP contribution in [0.25, 0.3) is 0 Å². The minimum absolute atomic E-state index is 0.293. The molecule has 0 aromatic rings. The zero-order chi connectivity index (χ0) is 15.8. The molecule has 0 aromatic carbocycles. The molecule has 0 amide bonds. The molecule has 1 aliphatic heterocycles. The first-order chi connectivity index (χ1) is 10.7. The normalized spacial score (nSPS) is 28.4. The Kier molecular flexibility index (Phi) is 8.15. The molecule has 0 unspecified atom stereocenters. The summed E-state index contributed by atoms with van der Waals surface area (Å²) < 4.78 is 6.13. The van der Waals surface area contributed by atoms with E-state index in [0.717, 1.165) is 44.6 Å². The molecule has 0 radical (unpaired) electrons. The van der Waals surface area contributed by atoms with E-state index < -0.39 is 0 Å². The van der Waals surface area contributed by atoms with E-state index in [4.69, 9.17) is 9.84 Å². The molecule has 1 N–H and O–H groups in total. The molecule has 2 aliphatic rings. The largest absolute Gasteiger partial charge is 0.395 e. The van der Waals surface area contributed by atoms with Crippen molar-refractivity contribution in [2.45, 2.75) is 51.6 Å². The number of aliphatic hydroxyl groups excluding tert-OH is 1. The SMILES string of the molecule is C[C@H]1CCCC[C@H]1OCCN(C)CC1CCN(CCO)CC1.